The fourth-order valence-electron chi connectivity index (χ4n) is 1.19. The third-order valence-electron chi connectivity index (χ3n) is 2.44. The van der Waals surface area contributed by atoms with Crippen molar-refractivity contribution in [3.63, 3.8) is 0 Å². The molecule has 0 amide bonds. The molecule has 1 aliphatic rings. The number of esters is 1. The van der Waals surface area contributed by atoms with Gasteiger partial charge in [0.15, 0.2) is 5.79 Å². The quantitative estimate of drug-likeness (QED) is 0.554. The molecule has 1 fully saturated rings. The van der Waals surface area contributed by atoms with E-state index in [0.29, 0.717) is 13.2 Å². The molecule has 18 heavy (non-hydrogen) atoms. The summed E-state index contributed by atoms with van der Waals surface area (Å²) in [5.74, 6) is -1.54. The summed E-state index contributed by atoms with van der Waals surface area (Å²) in [5.41, 5.74) is 0. The number of carbonyl (C=O) groups is 1. The Bertz CT molecular complexity index is 223. The predicted molar refractivity (Wildman–Crippen MR) is 64.9 cm³/mol. The fraction of sp³-hybridized carbons (Fsp3) is 0.917. The van der Waals surface area contributed by atoms with Gasteiger partial charge in [0.2, 0.25) is 0 Å². The lowest BCUT2D eigenvalue weighted by Crippen LogP contribution is -2.27. The topological polar surface area (TPSA) is 85.2 Å². The van der Waals surface area contributed by atoms with Crippen molar-refractivity contribution in [1.29, 1.82) is 0 Å². The van der Waals surface area contributed by atoms with Gasteiger partial charge in [0.25, 0.3) is 0 Å². The smallest absolute Gasteiger partial charge is 0.305 e. The lowest BCUT2D eigenvalue weighted by molar-refractivity contribution is -0.180. The molecule has 0 aromatic rings. The molecule has 108 valence electrons. The van der Waals surface area contributed by atoms with Gasteiger partial charge in [-0.2, -0.15) is 0 Å². The van der Waals surface area contributed by atoms with Crippen LogP contribution in [0.25, 0.3) is 0 Å². The van der Waals surface area contributed by atoms with Gasteiger partial charge in [-0.3, -0.25) is 4.79 Å². The maximum absolute atomic E-state index is 10.8. The summed E-state index contributed by atoms with van der Waals surface area (Å²) in [6, 6.07) is 0. The summed E-state index contributed by atoms with van der Waals surface area (Å²) < 4.78 is 14.2. The maximum atomic E-state index is 10.8. The summed E-state index contributed by atoms with van der Waals surface area (Å²) in [5, 5.41) is 17.9. The molecular weight excluding hydrogens is 240 g/mol. The third-order valence-corrected chi connectivity index (χ3v) is 2.44. The van der Waals surface area contributed by atoms with Crippen LogP contribution < -0.4 is 0 Å². The van der Waals surface area contributed by atoms with Crippen molar-refractivity contribution in [2.75, 3.05) is 26.9 Å². The Balaban J connectivity index is 0.000000397. The Morgan fingerprint density at radius 1 is 1.56 bits per heavy atom. The Morgan fingerprint density at radius 3 is 2.56 bits per heavy atom. The summed E-state index contributed by atoms with van der Waals surface area (Å²) >= 11 is 0. The van der Waals surface area contributed by atoms with Crippen molar-refractivity contribution in [3.8, 4) is 0 Å². The maximum Gasteiger partial charge on any atom is 0.305 e. The standard InChI is InChI=1S/C8H16O4.C4H8O2/c1-4-12-7(9)5-6-8(2,10)11-3;5-4-1-2-6-3-4/h10H,4-6H2,1-3H3;4-5H,1-3H2. The Kier molecular flexibility index (Phi) is 8.91. The van der Waals surface area contributed by atoms with Crippen molar-refractivity contribution in [3.05, 3.63) is 0 Å². The minimum absolute atomic E-state index is 0.175. The van der Waals surface area contributed by atoms with Crippen molar-refractivity contribution < 1.29 is 29.2 Å². The zero-order chi connectivity index (χ0) is 14.0. The van der Waals surface area contributed by atoms with Crippen LogP contribution >= 0.6 is 0 Å². The van der Waals surface area contributed by atoms with Gasteiger partial charge in [0.1, 0.15) is 0 Å². The number of methoxy groups -OCH3 is 1. The lowest BCUT2D eigenvalue weighted by Gasteiger charge is -2.20. The van der Waals surface area contributed by atoms with Crippen LogP contribution in [-0.2, 0) is 19.0 Å². The number of carbonyl (C=O) groups excluding carboxylic acids is 1. The monoisotopic (exact) mass is 264 g/mol. The van der Waals surface area contributed by atoms with Crippen LogP contribution in [0.1, 0.15) is 33.1 Å². The molecule has 0 aliphatic carbocycles. The summed E-state index contributed by atoms with van der Waals surface area (Å²) in [7, 11) is 1.39. The van der Waals surface area contributed by atoms with Crippen LogP contribution in [0.2, 0.25) is 0 Å². The third kappa shape index (κ3) is 9.35. The molecule has 1 saturated heterocycles. The Morgan fingerprint density at radius 2 is 2.22 bits per heavy atom. The largest absolute Gasteiger partial charge is 0.466 e. The van der Waals surface area contributed by atoms with E-state index in [0.717, 1.165) is 13.0 Å². The van der Waals surface area contributed by atoms with Crippen LogP contribution in [0.5, 0.6) is 0 Å². The van der Waals surface area contributed by atoms with E-state index >= 15 is 0 Å². The molecule has 1 rings (SSSR count). The van der Waals surface area contributed by atoms with Crippen molar-refractivity contribution >= 4 is 5.97 Å². The number of hydrogen-bond donors (Lipinski definition) is 2. The highest BCUT2D eigenvalue weighted by Gasteiger charge is 2.20. The second kappa shape index (κ2) is 9.27. The molecule has 6 nitrogen and oxygen atoms in total. The zero-order valence-corrected chi connectivity index (χ0v) is 11.3. The SMILES string of the molecule is CCOC(=O)CCC(C)(O)OC.OC1CCOC1. The van der Waals surface area contributed by atoms with Crippen LogP contribution in [0.4, 0.5) is 0 Å². The minimum atomic E-state index is -1.23. The van der Waals surface area contributed by atoms with Crippen LogP contribution in [0.3, 0.4) is 0 Å². The first-order valence-corrected chi connectivity index (χ1v) is 6.10. The average molecular weight is 264 g/mol. The fourth-order valence-corrected chi connectivity index (χ4v) is 1.19. The van der Waals surface area contributed by atoms with Gasteiger partial charge in [-0.25, -0.2) is 0 Å². The van der Waals surface area contributed by atoms with E-state index in [2.05, 4.69) is 4.74 Å². The number of aliphatic hydroxyl groups is 2. The van der Waals surface area contributed by atoms with Gasteiger partial charge in [-0.1, -0.05) is 0 Å². The average Bonchev–Trinajstić information content (AvgIpc) is 2.79. The highest BCUT2D eigenvalue weighted by Crippen LogP contribution is 2.12. The second-order valence-corrected chi connectivity index (χ2v) is 4.20. The van der Waals surface area contributed by atoms with E-state index in [9.17, 15) is 9.90 Å². The van der Waals surface area contributed by atoms with Gasteiger partial charge >= 0.3 is 5.97 Å². The zero-order valence-electron chi connectivity index (χ0n) is 11.3. The summed E-state index contributed by atoms with van der Waals surface area (Å²) in [4.78, 5) is 10.8. The number of rotatable bonds is 5. The van der Waals surface area contributed by atoms with Gasteiger partial charge in [0.05, 0.1) is 25.7 Å². The van der Waals surface area contributed by atoms with E-state index in [1.165, 1.54) is 14.0 Å². The van der Waals surface area contributed by atoms with Crippen LogP contribution in [-0.4, -0.2) is 55.0 Å². The number of ether oxygens (including phenoxy) is 3. The molecule has 2 unspecified atom stereocenters. The molecule has 2 N–H and O–H groups in total. The summed E-state index contributed by atoms with van der Waals surface area (Å²) in [6.07, 6.45) is 1.07. The predicted octanol–water partition coefficient (Wildman–Crippen LogP) is 0.452. The van der Waals surface area contributed by atoms with Crippen molar-refractivity contribution in [2.45, 2.75) is 45.0 Å². The summed E-state index contributed by atoms with van der Waals surface area (Å²) in [6.45, 7) is 4.90. The molecule has 0 radical (unpaired) electrons. The van der Waals surface area contributed by atoms with Gasteiger partial charge in [-0.05, 0) is 20.3 Å². The molecular formula is C12H24O6. The minimum Gasteiger partial charge on any atom is -0.466 e. The molecule has 0 aromatic carbocycles. The Hall–Kier alpha value is -0.690. The van der Waals surface area contributed by atoms with E-state index < -0.39 is 5.79 Å². The normalized spacial score (nSPS) is 21.7. The molecule has 0 bridgehead atoms. The molecule has 2 atom stereocenters. The molecule has 0 saturated carbocycles. The van der Waals surface area contributed by atoms with E-state index in [-0.39, 0.29) is 24.9 Å². The molecule has 6 heteroatoms. The van der Waals surface area contributed by atoms with Gasteiger partial charge in [-0.15, -0.1) is 0 Å². The van der Waals surface area contributed by atoms with Crippen LogP contribution in [0.15, 0.2) is 0 Å². The lowest BCUT2D eigenvalue weighted by atomic mass is 10.2. The first kappa shape index (κ1) is 17.3. The van der Waals surface area contributed by atoms with Gasteiger partial charge < -0.3 is 24.4 Å². The van der Waals surface area contributed by atoms with Crippen LogP contribution in [0, 0.1) is 0 Å². The highest BCUT2D eigenvalue weighted by molar-refractivity contribution is 5.69. The van der Waals surface area contributed by atoms with Crippen molar-refractivity contribution in [1.82, 2.24) is 0 Å². The van der Waals surface area contributed by atoms with Gasteiger partial charge in [0, 0.05) is 20.1 Å². The molecule has 1 aliphatic heterocycles. The first-order chi connectivity index (χ1) is 8.41. The van der Waals surface area contributed by atoms with E-state index in [4.69, 9.17) is 14.6 Å². The Labute approximate surface area is 108 Å². The molecule has 1 heterocycles. The molecule has 0 spiro atoms. The van der Waals surface area contributed by atoms with E-state index in [1.807, 2.05) is 0 Å². The highest BCUT2D eigenvalue weighted by atomic mass is 16.6. The second-order valence-electron chi connectivity index (χ2n) is 4.20. The molecule has 0 aromatic heterocycles. The van der Waals surface area contributed by atoms with E-state index in [1.54, 1.807) is 6.92 Å². The first-order valence-electron chi connectivity index (χ1n) is 6.10. The van der Waals surface area contributed by atoms with Crippen molar-refractivity contribution in [2.24, 2.45) is 0 Å². The number of hydrogen-bond acceptors (Lipinski definition) is 6. The number of aliphatic hydroxyl groups excluding tert-OH is 1.